The Morgan fingerprint density at radius 3 is 2.68 bits per heavy atom. The molecule has 3 fully saturated rings. The molecule has 1 nitrogen and oxygen atoms in total. The van der Waals surface area contributed by atoms with Gasteiger partial charge in [0.15, 0.2) is 0 Å². The summed E-state index contributed by atoms with van der Waals surface area (Å²) in [6, 6.07) is 10.4. The molecule has 0 heterocycles. The molecule has 1 aromatic carbocycles. The lowest BCUT2D eigenvalue weighted by Crippen LogP contribution is -2.50. The van der Waals surface area contributed by atoms with Gasteiger partial charge < -0.3 is 4.74 Å². The molecule has 31 heavy (non-hydrogen) atoms. The van der Waals surface area contributed by atoms with E-state index in [1.807, 2.05) is 6.07 Å². The van der Waals surface area contributed by atoms with Crippen molar-refractivity contribution in [3.8, 4) is 11.8 Å². The number of benzene rings is 1. The fraction of sp³-hybridized carbons (Fsp3) is 0.600. The third-order valence-corrected chi connectivity index (χ3v) is 9.59. The lowest BCUT2D eigenvalue weighted by atomic mass is 9.47. The van der Waals surface area contributed by atoms with E-state index in [4.69, 9.17) is 4.74 Å². The van der Waals surface area contributed by atoms with E-state index in [2.05, 4.69) is 68.7 Å². The van der Waals surface area contributed by atoms with Crippen molar-refractivity contribution >= 4 is 0 Å². The topological polar surface area (TPSA) is 9.23 Å². The first-order valence-corrected chi connectivity index (χ1v) is 12.5. The predicted octanol–water partition coefficient (Wildman–Crippen LogP) is 7.20. The van der Waals surface area contributed by atoms with E-state index >= 15 is 0 Å². The Balaban J connectivity index is 1.29. The smallest absolute Gasteiger partial charge is 0.108 e. The van der Waals surface area contributed by atoms with Crippen LogP contribution in [-0.4, -0.2) is 6.61 Å². The van der Waals surface area contributed by atoms with E-state index in [0.29, 0.717) is 30.5 Å². The van der Waals surface area contributed by atoms with Gasteiger partial charge in [-0.1, -0.05) is 93.2 Å². The Morgan fingerprint density at radius 2 is 1.84 bits per heavy atom. The molecule has 0 N–H and O–H groups in total. The Bertz CT molecular complexity index is 901. The minimum atomic E-state index is 0.271. The van der Waals surface area contributed by atoms with Gasteiger partial charge in [-0.2, -0.15) is 0 Å². The number of hydrogen-bond acceptors (Lipinski definition) is 1. The van der Waals surface area contributed by atoms with Crippen molar-refractivity contribution in [3.05, 3.63) is 60.2 Å². The van der Waals surface area contributed by atoms with E-state index in [0.717, 1.165) is 24.2 Å². The molecule has 0 radical (unpaired) electrons. The van der Waals surface area contributed by atoms with Crippen LogP contribution in [0.25, 0.3) is 0 Å². The second-order valence-corrected chi connectivity index (χ2v) is 11.2. The SMILES string of the molecule is C=C1C[C@H]2[C@@H]3C=CC4CCCC[C@]4(C)[C@H]3CC[C@]2(C)[C@@H]1C#CCOCc1ccccc1. The summed E-state index contributed by atoms with van der Waals surface area (Å²) in [4.78, 5) is 0. The highest BCUT2D eigenvalue weighted by Gasteiger charge is 2.59. The molecule has 0 bridgehead atoms. The van der Waals surface area contributed by atoms with Gasteiger partial charge in [0, 0.05) is 5.92 Å². The van der Waals surface area contributed by atoms with Gasteiger partial charge in [-0.15, -0.1) is 0 Å². The molecule has 1 unspecified atom stereocenters. The monoisotopic (exact) mass is 414 g/mol. The van der Waals surface area contributed by atoms with Crippen molar-refractivity contribution in [3.63, 3.8) is 0 Å². The van der Waals surface area contributed by atoms with Crippen LogP contribution in [0, 0.1) is 52.3 Å². The third-order valence-electron chi connectivity index (χ3n) is 9.59. The summed E-state index contributed by atoms with van der Waals surface area (Å²) in [7, 11) is 0. The Kier molecular flexibility index (Phi) is 5.64. The van der Waals surface area contributed by atoms with Crippen LogP contribution in [0.5, 0.6) is 0 Å². The molecular weight excluding hydrogens is 376 g/mol. The first-order chi connectivity index (χ1) is 15.0. The minimum absolute atomic E-state index is 0.271. The molecule has 5 rings (SSSR count). The highest BCUT2D eigenvalue weighted by atomic mass is 16.5. The van der Waals surface area contributed by atoms with Crippen LogP contribution in [0.1, 0.15) is 64.4 Å². The van der Waals surface area contributed by atoms with Gasteiger partial charge in [0.1, 0.15) is 6.61 Å². The van der Waals surface area contributed by atoms with Gasteiger partial charge in [-0.25, -0.2) is 0 Å². The van der Waals surface area contributed by atoms with Gasteiger partial charge >= 0.3 is 0 Å². The van der Waals surface area contributed by atoms with Crippen molar-refractivity contribution in [2.45, 2.75) is 65.4 Å². The van der Waals surface area contributed by atoms with Crippen LogP contribution in [0.3, 0.4) is 0 Å². The van der Waals surface area contributed by atoms with Gasteiger partial charge in [0.2, 0.25) is 0 Å². The van der Waals surface area contributed by atoms with Crippen molar-refractivity contribution in [2.24, 2.45) is 40.4 Å². The molecule has 0 amide bonds. The van der Waals surface area contributed by atoms with Crippen LogP contribution >= 0.6 is 0 Å². The molecule has 3 saturated carbocycles. The van der Waals surface area contributed by atoms with Crippen LogP contribution in [0.15, 0.2) is 54.6 Å². The maximum atomic E-state index is 5.83. The highest BCUT2D eigenvalue weighted by molar-refractivity contribution is 5.31. The summed E-state index contributed by atoms with van der Waals surface area (Å²) in [6.45, 7) is 10.8. The first-order valence-electron chi connectivity index (χ1n) is 12.5. The lowest BCUT2D eigenvalue weighted by molar-refractivity contribution is -0.0527. The fourth-order valence-corrected chi connectivity index (χ4v) is 7.83. The van der Waals surface area contributed by atoms with Gasteiger partial charge in [0.05, 0.1) is 6.61 Å². The zero-order valence-corrected chi connectivity index (χ0v) is 19.4. The summed E-state index contributed by atoms with van der Waals surface area (Å²) < 4.78 is 5.83. The normalized spacial score (nSPS) is 41.0. The maximum Gasteiger partial charge on any atom is 0.108 e. The van der Waals surface area contributed by atoms with Crippen molar-refractivity contribution < 1.29 is 4.74 Å². The number of allylic oxidation sites excluding steroid dienone is 3. The fourth-order valence-electron chi connectivity index (χ4n) is 7.83. The summed E-state index contributed by atoms with van der Waals surface area (Å²) in [6.07, 6.45) is 14.8. The number of rotatable bonds is 3. The second-order valence-electron chi connectivity index (χ2n) is 11.2. The first kappa shape index (κ1) is 21.1. The standard InChI is InChI=1S/C30H38O/c1-22-20-28-25-15-14-24-12-7-8-17-29(24,2)27(25)16-18-30(28,3)26(22)13-9-19-31-21-23-10-5-4-6-11-23/h4-6,10-11,14-15,24-28H,1,7-8,12,16-21H2,2-3H3/t24?,25-,26-,27+,28+,29+,30-/m1/s1. The molecule has 0 aromatic heterocycles. The number of fused-ring (bicyclic) bond motifs is 5. The van der Waals surface area contributed by atoms with Gasteiger partial charge in [-0.05, 0) is 72.2 Å². The molecule has 1 aromatic rings. The highest BCUT2D eigenvalue weighted by Crippen LogP contribution is 2.66. The molecule has 4 aliphatic rings. The van der Waals surface area contributed by atoms with E-state index in [1.54, 1.807) is 0 Å². The van der Waals surface area contributed by atoms with Crippen LogP contribution in [0.4, 0.5) is 0 Å². The Morgan fingerprint density at radius 1 is 1.00 bits per heavy atom. The van der Waals surface area contributed by atoms with E-state index in [1.165, 1.54) is 49.7 Å². The summed E-state index contributed by atoms with van der Waals surface area (Å²) in [5.74, 6) is 10.4. The lowest BCUT2D eigenvalue weighted by Gasteiger charge is -2.57. The zero-order valence-electron chi connectivity index (χ0n) is 19.4. The largest absolute Gasteiger partial charge is 0.364 e. The molecule has 0 aliphatic heterocycles. The van der Waals surface area contributed by atoms with Crippen LogP contribution < -0.4 is 0 Å². The zero-order chi connectivity index (χ0) is 21.5. The van der Waals surface area contributed by atoms with Crippen molar-refractivity contribution in [2.75, 3.05) is 6.61 Å². The van der Waals surface area contributed by atoms with Gasteiger partial charge in [-0.3, -0.25) is 0 Å². The third kappa shape index (κ3) is 3.62. The van der Waals surface area contributed by atoms with E-state index < -0.39 is 0 Å². The van der Waals surface area contributed by atoms with Crippen molar-refractivity contribution in [1.82, 2.24) is 0 Å². The molecule has 0 spiro atoms. The Hall–Kier alpha value is -1.78. The summed E-state index contributed by atoms with van der Waals surface area (Å²) in [5, 5.41) is 0. The Labute approximate surface area is 189 Å². The molecule has 0 saturated heterocycles. The van der Waals surface area contributed by atoms with E-state index in [-0.39, 0.29) is 5.41 Å². The molecule has 4 aliphatic carbocycles. The predicted molar refractivity (Wildman–Crippen MR) is 128 cm³/mol. The van der Waals surface area contributed by atoms with Gasteiger partial charge in [0.25, 0.3) is 0 Å². The van der Waals surface area contributed by atoms with Crippen molar-refractivity contribution in [1.29, 1.82) is 0 Å². The number of ether oxygens (including phenoxy) is 1. The molecule has 1 heteroatoms. The average Bonchev–Trinajstić information content (AvgIpc) is 3.04. The molecule has 7 atom stereocenters. The maximum absolute atomic E-state index is 5.83. The van der Waals surface area contributed by atoms with Crippen LogP contribution in [-0.2, 0) is 11.3 Å². The van der Waals surface area contributed by atoms with Crippen LogP contribution in [0.2, 0.25) is 0 Å². The quantitative estimate of drug-likeness (QED) is 0.289. The second kappa shape index (κ2) is 8.29. The average molecular weight is 415 g/mol. The minimum Gasteiger partial charge on any atom is -0.364 e. The molecular formula is C30H38O. The summed E-state index contributed by atoms with van der Waals surface area (Å²) in [5.41, 5.74) is 3.37. The van der Waals surface area contributed by atoms with E-state index in [9.17, 15) is 0 Å². The number of hydrogen-bond donors (Lipinski definition) is 0. The molecule has 164 valence electrons. The summed E-state index contributed by atoms with van der Waals surface area (Å²) >= 11 is 0.